The van der Waals surface area contributed by atoms with Gasteiger partial charge in [-0.1, -0.05) is 25.7 Å². The van der Waals surface area contributed by atoms with E-state index in [1.807, 2.05) is 0 Å². The summed E-state index contributed by atoms with van der Waals surface area (Å²) in [6.45, 7) is 1.49. The first-order valence-electron chi connectivity index (χ1n) is 7.83. The second-order valence-electron chi connectivity index (χ2n) is 5.95. The standard InChI is InChI=1S/C16H25NO2/c1-2-4-6-14(5-3-1)18-12-16-10-9-15(19-16)11-17-13-7-8-13/h9-10,13-14,17H,1-8,11-12H2. The quantitative estimate of drug-likeness (QED) is 0.793. The maximum Gasteiger partial charge on any atom is 0.129 e. The molecule has 0 amide bonds. The van der Waals surface area contributed by atoms with Crippen LogP contribution in [-0.4, -0.2) is 12.1 Å². The SMILES string of the molecule is c1cc(COC2CCCCCC2)oc1CNC1CC1. The fourth-order valence-corrected chi connectivity index (χ4v) is 2.74. The average molecular weight is 263 g/mol. The van der Waals surface area contributed by atoms with Crippen LogP contribution in [-0.2, 0) is 17.9 Å². The second-order valence-corrected chi connectivity index (χ2v) is 5.95. The van der Waals surface area contributed by atoms with Crippen molar-refractivity contribution in [1.29, 1.82) is 0 Å². The lowest BCUT2D eigenvalue weighted by atomic mass is 10.1. The lowest BCUT2D eigenvalue weighted by Gasteiger charge is -2.14. The normalized spacial score (nSPS) is 21.5. The smallest absolute Gasteiger partial charge is 0.129 e. The van der Waals surface area contributed by atoms with Crippen molar-refractivity contribution >= 4 is 0 Å². The summed E-state index contributed by atoms with van der Waals surface area (Å²) < 4.78 is 11.8. The Kier molecular flexibility index (Phi) is 4.57. The van der Waals surface area contributed by atoms with Gasteiger partial charge in [-0.2, -0.15) is 0 Å². The number of hydrogen-bond acceptors (Lipinski definition) is 3. The third-order valence-electron chi connectivity index (χ3n) is 4.12. The first-order chi connectivity index (χ1) is 9.40. The van der Waals surface area contributed by atoms with E-state index in [0.717, 1.165) is 24.1 Å². The fourth-order valence-electron chi connectivity index (χ4n) is 2.74. The van der Waals surface area contributed by atoms with Gasteiger partial charge in [0.1, 0.15) is 18.1 Å². The minimum atomic E-state index is 0.445. The Morgan fingerprint density at radius 2 is 1.74 bits per heavy atom. The Labute approximate surface area is 115 Å². The van der Waals surface area contributed by atoms with Crippen LogP contribution in [0.2, 0.25) is 0 Å². The van der Waals surface area contributed by atoms with Gasteiger partial charge >= 0.3 is 0 Å². The topological polar surface area (TPSA) is 34.4 Å². The van der Waals surface area contributed by atoms with Crippen LogP contribution in [0.25, 0.3) is 0 Å². The van der Waals surface area contributed by atoms with E-state index in [1.165, 1.54) is 51.4 Å². The molecule has 1 N–H and O–H groups in total. The molecule has 1 aromatic heterocycles. The maximum atomic E-state index is 5.99. The molecule has 0 aliphatic heterocycles. The van der Waals surface area contributed by atoms with E-state index < -0.39 is 0 Å². The molecule has 2 aliphatic carbocycles. The predicted molar refractivity (Wildman–Crippen MR) is 74.8 cm³/mol. The van der Waals surface area contributed by atoms with Crippen molar-refractivity contribution in [2.24, 2.45) is 0 Å². The largest absolute Gasteiger partial charge is 0.462 e. The molecule has 0 bridgehead atoms. The molecule has 2 aliphatic rings. The molecule has 3 nitrogen and oxygen atoms in total. The highest BCUT2D eigenvalue weighted by Crippen LogP contribution is 2.22. The average Bonchev–Trinajstić information content (AvgIpc) is 3.20. The first kappa shape index (κ1) is 13.2. The van der Waals surface area contributed by atoms with Gasteiger partial charge in [0.25, 0.3) is 0 Å². The molecule has 2 saturated carbocycles. The molecule has 2 fully saturated rings. The molecule has 0 radical (unpaired) electrons. The minimum Gasteiger partial charge on any atom is -0.462 e. The molecule has 0 saturated heterocycles. The van der Waals surface area contributed by atoms with Crippen molar-refractivity contribution in [3.05, 3.63) is 23.7 Å². The second kappa shape index (κ2) is 6.58. The maximum absolute atomic E-state index is 5.99. The predicted octanol–water partition coefficient (Wildman–Crippen LogP) is 3.77. The van der Waals surface area contributed by atoms with Gasteiger partial charge in [-0.25, -0.2) is 0 Å². The Morgan fingerprint density at radius 1 is 1.00 bits per heavy atom. The summed E-state index contributed by atoms with van der Waals surface area (Å²) in [6, 6.07) is 4.86. The van der Waals surface area contributed by atoms with Crippen molar-refractivity contribution in [2.45, 2.75) is 76.7 Å². The Balaban J connectivity index is 1.41. The third-order valence-corrected chi connectivity index (χ3v) is 4.12. The summed E-state index contributed by atoms with van der Waals surface area (Å²) in [5.41, 5.74) is 0. The summed E-state index contributed by atoms with van der Waals surface area (Å²) >= 11 is 0. The van der Waals surface area contributed by atoms with Crippen LogP contribution in [0.3, 0.4) is 0 Å². The van der Waals surface area contributed by atoms with Crippen molar-refractivity contribution in [2.75, 3.05) is 0 Å². The summed E-state index contributed by atoms with van der Waals surface area (Å²) in [5.74, 6) is 2.00. The number of furan rings is 1. The van der Waals surface area contributed by atoms with E-state index in [4.69, 9.17) is 9.15 Å². The first-order valence-corrected chi connectivity index (χ1v) is 7.83. The number of rotatable bonds is 6. The summed E-state index contributed by atoms with van der Waals surface area (Å²) in [4.78, 5) is 0. The van der Waals surface area contributed by atoms with Crippen LogP contribution in [0.15, 0.2) is 16.5 Å². The molecule has 3 rings (SSSR count). The molecule has 0 aromatic carbocycles. The Hall–Kier alpha value is -0.800. The van der Waals surface area contributed by atoms with Crippen molar-refractivity contribution < 1.29 is 9.15 Å². The van der Waals surface area contributed by atoms with E-state index in [-0.39, 0.29) is 0 Å². The fraction of sp³-hybridized carbons (Fsp3) is 0.750. The zero-order valence-electron chi connectivity index (χ0n) is 11.7. The lowest BCUT2D eigenvalue weighted by molar-refractivity contribution is 0.0215. The van der Waals surface area contributed by atoms with Gasteiger partial charge in [0.05, 0.1) is 12.6 Å². The zero-order chi connectivity index (χ0) is 12.9. The monoisotopic (exact) mass is 263 g/mol. The molecule has 3 heteroatoms. The van der Waals surface area contributed by atoms with Gasteiger partial charge in [-0.15, -0.1) is 0 Å². The van der Waals surface area contributed by atoms with Crippen molar-refractivity contribution in [3.8, 4) is 0 Å². The lowest BCUT2D eigenvalue weighted by Crippen LogP contribution is -2.14. The van der Waals surface area contributed by atoms with Gasteiger partial charge in [-0.3, -0.25) is 0 Å². The molecule has 1 aromatic rings. The van der Waals surface area contributed by atoms with Gasteiger partial charge < -0.3 is 14.5 Å². The van der Waals surface area contributed by atoms with E-state index in [9.17, 15) is 0 Å². The number of hydrogen-bond donors (Lipinski definition) is 1. The Morgan fingerprint density at radius 3 is 2.47 bits per heavy atom. The molecule has 0 atom stereocenters. The van der Waals surface area contributed by atoms with E-state index >= 15 is 0 Å². The summed E-state index contributed by atoms with van der Waals surface area (Å²) in [5, 5.41) is 3.47. The van der Waals surface area contributed by atoms with Gasteiger partial charge in [0.2, 0.25) is 0 Å². The zero-order valence-corrected chi connectivity index (χ0v) is 11.7. The summed E-state index contributed by atoms with van der Waals surface area (Å²) in [7, 11) is 0. The van der Waals surface area contributed by atoms with E-state index in [0.29, 0.717) is 12.7 Å². The third kappa shape index (κ3) is 4.36. The van der Waals surface area contributed by atoms with E-state index in [1.54, 1.807) is 0 Å². The van der Waals surface area contributed by atoms with Gasteiger partial charge in [-0.05, 0) is 37.8 Å². The van der Waals surface area contributed by atoms with Crippen molar-refractivity contribution in [1.82, 2.24) is 5.32 Å². The molecular weight excluding hydrogens is 238 g/mol. The van der Waals surface area contributed by atoms with Crippen LogP contribution in [0.5, 0.6) is 0 Å². The molecule has 106 valence electrons. The van der Waals surface area contributed by atoms with E-state index in [2.05, 4.69) is 17.4 Å². The highest BCUT2D eigenvalue weighted by atomic mass is 16.5. The molecule has 19 heavy (non-hydrogen) atoms. The molecule has 0 unspecified atom stereocenters. The van der Waals surface area contributed by atoms with Crippen LogP contribution in [0.1, 0.15) is 62.9 Å². The van der Waals surface area contributed by atoms with Crippen LogP contribution in [0.4, 0.5) is 0 Å². The van der Waals surface area contributed by atoms with Crippen LogP contribution in [0, 0.1) is 0 Å². The molecular formula is C16H25NO2. The summed E-state index contributed by atoms with van der Waals surface area (Å²) in [6.07, 6.45) is 10.9. The number of nitrogens with one attached hydrogen (secondary N) is 1. The Bertz CT molecular complexity index is 376. The minimum absolute atomic E-state index is 0.445. The van der Waals surface area contributed by atoms with Crippen LogP contribution >= 0.6 is 0 Å². The van der Waals surface area contributed by atoms with Gasteiger partial charge in [0, 0.05) is 6.04 Å². The van der Waals surface area contributed by atoms with Crippen LogP contribution < -0.4 is 5.32 Å². The molecule has 1 heterocycles. The molecule has 0 spiro atoms. The van der Waals surface area contributed by atoms with Gasteiger partial charge in [0.15, 0.2) is 0 Å². The number of ether oxygens (including phenoxy) is 1. The van der Waals surface area contributed by atoms with Crippen molar-refractivity contribution in [3.63, 3.8) is 0 Å². The highest BCUT2D eigenvalue weighted by molar-refractivity contribution is 5.06. The highest BCUT2D eigenvalue weighted by Gasteiger charge is 2.20.